The molecular formula is C13H17N5O. The van der Waals surface area contributed by atoms with E-state index in [2.05, 4.69) is 32.9 Å². The Bertz CT molecular complexity index is 520. The number of tetrazole rings is 1. The van der Waals surface area contributed by atoms with Gasteiger partial charge in [-0.25, -0.2) is 0 Å². The van der Waals surface area contributed by atoms with Gasteiger partial charge in [0, 0.05) is 17.2 Å². The number of amides is 1. The van der Waals surface area contributed by atoms with Crippen molar-refractivity contribution in [3.63, 3.8) is 0 Å². The minimum Gasteiger partial charge on any atom is -0.350 e. The lowest BCUT2D eigenvalue weighted by molar-refractivity contribution is 0.0938. The summed E-state index contributed by atoms with van der Waals surface area (Å²) in [6, 6.07) is 7.34. The number of aromatic nitrogens is 4. The lowest BCUT2D eigenvalue weighted by Crippen LogP contribution is -2.32. The van der Waals surface area contributed by atoms with Crippen LogP contribution in [0.5, 0.6) is 0 Å². The van der Waals surface area contributed by atoms with Crippen molar-refractivity contribution in [1.29, 1.82) is 0 Å². The Morgan fingerprint density at radius 2 is 2.11 bits per heavy atom. The third kappa shape index (κ3) is 3.37. The number of hydrogen-bond acceptors (Lipinski definition) is 4. The molecule has 1 aromatic heterocycles. The van der Waals surface area contributed by atoms with Gasteiger partial charge in [0.1, 0.15) is 0 Å². The summed E-state index contributed by atoms with van der Waals surface area (Å²) < 4.78 is 0. The van der Waals surface area contributed by atoms with E-state index in [1.807, 2.05) is 19.1 Å². The number of carbonyl (C=O) groups is 1. The molecule has 0 spiro atoms. The van der Waals surface area contributed by atoms with Gasteiger partial charge in [-0.2, -0.15) is 5.21 Å². The molecule has 0 aliphatic heterocycles. The average molecular weight is 259 g/mol. The minimum atomic E-state index is -0.0550. The van der Waals surface area contributed by atoms with Crippen molar-refractivity contribution in [2.45, 2.75) is 32.7 Å². The summed E-state index contributed by atoms with van der Waals surface area (Å²) in [5.74, 6) is 0.465. The first-order valence-electron chi connectivity index (χ1n) is 6.35. The molecule has 2 rings (SSSR count). The van der Waals surface area contributed by atoms with Gasteiger partial charge in [-0.05, 0) is 30.7 Å². The highest BCUT2D eigenvalue weighted by Crippen LogP contribution is 2.14. The van der Waals surface area contributed by atoms with E-state index in [9.17, 15) is 4.79 Å². The fourth-order valence-corrected chi connectivity index (χ4v) is 1.87. The molecule has 1 aromatic carbocycles. The Labute approximate surface area is 111 Å². The SMILES string of the molecule is CCCC(C)NC(=O)c1ccc(-c2nn[nH]n2)cc1. The molecule has 2 N–H and O–H groups in total. The number of nitrogens with one attached hydrogen (secondary N) is 2. The van der Waals surface area contributed by atoms with Crippen molar-refractivity contribution < 1.29 is 4.79 Å². The quantitative estimate of drug-likeness (QED) is 0.857. The van der Waals surface area contributed by atoms with Crippen LogP contribution in [-0.2, 0) is 0 Å². The van der Waals surface area contributed by atoms with E-state index in [0.29, 0.717) is 11.4 Å². The molecule has 1 atom stereocenters. The Morgan fingerprint density at radius 3 is 2.68 bits per heavy atom. The molecule has 0 fully saturated rings. The number of H-pyrrole nitrogens is 1. The molecule has 2 aromatic rings. The maximum Gasteiger partial charge on any atom is 0.251 e. The fourth-order valence-electron chi connectivity index (χ4n) is 1.87. The maximum absolute atomic E-state index is 12.0. The van der Waals surface area contributed by atoms with Crippen LogP contribution in [0.1, 0.15) is 37.0 Å². The van der Waals surface area contributed by atoms with Crippen molar-refractivity contribution in [3.8, 4) is 11.4 Å². The lowest BCUT2D eigenvalue weighted by atomic mass is 10.1. The van der Waals surface area contributed by atoms with E-state index in [1.165, 1.54) is 0 Å². The van der Waals surface area contributed by atoms with E-state index in [4.69, 9.17) is 0 Å². The van der Waals surface area contributed by atoms with Crippen molar-refractivity contribution in [1.82, 2.24) is 25.9 Å². The van der Waals surface area contributed by atoms with E-state index < -0.39 is 0 Å². The zero-order valence-electron chi connectivity index (χ0n) is 11.1. The molecule has 0 saturated heterocycles. The van der Waals surface area contributed by atoms with Crippen molar-refractivity contribution in [3.05, 3.63) is 29.8 Å². The van der Waals surface area contributed by atoms with Gasteiger partial charge in [0.2, 0.25) is 5.82 Å². The van der Waals surface area contributed by atoms with Crippen LogP contribution < -0.4 is 5.32 Å². The van der Waals surface area contributed by atoms with Crippen molar-refractivity contribution in [2.24, 2.45) is 0 Å². The number of hydrogen-bond donors (Lipinski definition) is 2. The third-order valence-electron chi connectivity index (χ3n) is 2.85. The van der Waals surface area contributed by atoms with Crippen molar-refractivity contribution in [2.75, 3.05) is 0 Å². The van der Waals surface area contributed by atoms with Crippen LogP contribution >= 0.6 is 0 Å². The van der Waals surface area contributed by atoms with Crippen LogP contribution in [0.3, 0.4) is 0 Å². The summed E-state index contributed by atoms with van der Waals surface area (Å²) in [6.45, 7) is 4.11. The van der Waals surface area contributed by atoms with Crippen LogP contribution in [0.2, 0.25) is 0 Å². The summed E-state index contributed by atoms with van der Waals surface area (Å²) in [5, 5.41) is 16.6. The zero-order chi connectivity index (χ0) is 13.7. The maximum atomic E-state index is 12.0. The van der Waals surface area contributed by atoms with Gasteiger partial charge in [-0.15, -0.1) is 10.2 Å². The number of nitrogens with zero attached hydrogens (tertiary/aromatic N) is 3. The van der Waals surface area contributed by atoms with Gasteiger partial charge in [0.15, 0.2) is 0 Å². The molecule has 6 heteroatoms. The molecule has 19 heavy (non-hydrogen) atoms. The smallest absolute Gasteiger partial charge is 0.251 e. The molecule has 1 amide bonds. The van der Waals surface area contributed by atoms with Crippen LogP contribution in [-0.4, -0.2) is 32.6 Å². The standard InChI is InChI=1S/C13H17N5O/c1-3-4-9(2)14-13(19)11-7-5-10(6-8-11)12-15-17-18-16-12/h5-9H,3-4H2,1-2H3,(H,14,19)(H,15,16,17,18). The van der Waals surface area contributed by atoms with Gasteiger partial charge >= 0.3 is 0 Å². The average Bonchev–Trinajstić information content (AvgIpc) is 2.93. The Morgan fingerprint density at radius 1 is 1.37 bits per heavy atom. The summed E-state index contributed by atoms with van der Waals surface area (Å²) in [6.07, 6.45) is 2.03. The molecule has 0 bridgehead atoms. The summed E-state index contributed by atoms with van der Waals surface area (Å²) in [5.41, 5.74) is 1.46. The Balaban J connectivity index is 2.04. The normalized spacial score (nSPS) is 12.1. The van der Waals surface area contributed by atoms with Gasteiger partial charge in [0.05, 0.1) is 0 Å². The first-order valence-corrected chi connectivity index (χ1v) is 6.35. The predicted molar refractivity (Wildman–Crippen MR) is 71.4 cm³/mol. The summed E-state index contributed by atoms with van der Waals surface area (Å²) in [7, 11) is 0. The Kier molecular flexibility index (Phi) is 4.22. The molecule has 100 valence electrons. The second-order valence-corrected chi connectivity index (χ2v) is 4.48. The van der Waals surface area contributed by atoms with Gasteiger partial charge < -0.3 is 5.32 Å². The number of aromatic amines is 1. The number of rotatable bonds is 5. The minimum absolute atomic E-state index is 0.0550. The highest BCUT2D eigenvalue weighted by atomic mass is 16.1. The second-order valence-electron chi connectivity index (χ2n) is 4.48. The van der Waals surface area contributed by atoms with E-state index in [-0.39, 0.29) is 11.9 Å². The van der Waals surface area contributed by atoms with Crippen LogP contribution in [0.4, 0.5) is 0 Å². The molecule has 1 unspecified atom stereocenters. The molecule has 1 heterocycles. The second kappa shape index (κ2) is 6.08. The highest BCUT2D eigenvalue weighted by molar-refractivity contribution is 5.94. The van der Waals surface area contributed by atoms with Crippen LogP contribution in [0.15, 0.2) is 24.3 Å². The molecule has 0 aliphatic carbocycles. The van der Waals surface area contributed by atoms with E-state index in [1.54, 1.807) is 12.1 Å². The van der Waals surface area contributed by atoms with Crippen LogP contribution in [0.25, 0.3) is 11.4 Å². The molecule has 0 radical (unpaired) electrons. The van der Waals surface area contributed by atoms with E-state index in [0.717, 1.165) is 18.4 Å². The third-order valence-corrected chi connectivity index (χ3v) is 2.85. The summed E-state index contributed by atoms with van der Waals surface area (Å²) in [4.78, 5) is 12.0. The molecule has 0 saturated carbocycles. The monoisotopic (exact) mass is 259 g/mol. The first-order chi connectivity index (χ1) is 9.20. The number of benzene rings is 1. The largest absolute Gasteiger partial charge is 0.350 e. The first kappa shape index (κ1) is 13.2. The lowest BCUT2D eigenvalue weighted by Gasteiger charge is -2.12. The van der Waals surface area contributed by atoms with Crippen molar-refractivity contribution >= 4 is 5.91 Å². The summed E-state index contributed by atoms with van der Waals surface area (Å²) >= 11 is 0. The predicted octanol–water partition coefficient (Wildman–Crippen LogP) is 1.79. The van der Waals surface area contributed by atoms with Gasteiger partial charge in [0.25, 0.3) is 5.91 Å². The topological polar surface area (TPSA) is 83.6 Å². The van der Waals surface area contributed by atoms with Crippen LogP contribution in [0, 0.1) is 0 Å². The fraction of sp³-hybridized carbons (Fsp3) is 0.385. The number of carbonyl (C=O) groups excluding carboxylic acids is 1. The van der Waals surface area contributed by atoms with E-state index >= 15 is 0 Å². The van der Waals surface area contributed by atoms with Gasteiger partial charge in [-0.3, -0.25) is 4.79 Å². The molecule has 6 nitrogen and oxygen atoms in total. The Hall–Kier alpha value is -2.24. The zero-order valence-corrected chi connectivity index (χ0v) is 11.1. The molecular weight excluding hydrogens is 242 g/mol. The highest BCUT2D eigenvalue weighted by Gasteiger charge is 2.10. The van der Waals surface area contributed by atoms with Gasteiger partial charge in [-0.1, -0.05) is 25.5 Å². The molecule has 0 aliphatic rings.